The van der Waals surface area contributed by atoms with E-state index in [1.54, 1.807) is 38.1 Å². The van der Waals surface area contributed by atoms with Crippen molar-refractivity contribution < 1.29 is 14.0 Å². The molecule has 0 saturated heterocycles. The first-order valence-corrected chi connectivity index (χ1v) is 7.99. The zero-order valence-electron chi connectivity index (χ0n) is 14.7. The number of hydrogen-bond donors (Lipinski definition) is 3. The topological polar surface area (TPSA) is 84.2 Å². The van der Waals surface area contributed by atoms with Gasteiger partial charge in [-0.1, -0.05) is 36.4 Å². The molecule has 140 valence electrons. The van der Waals surface area contributed by atoms with Crippen LogP contribution in [0.25, 0.3) is 0 Å². The van der Waals surface area contributed by atoms with Crippen LogP contribution in [-0.2, 0) is 10.3 Å². The number of hydrogen-bond acceptors (Lipinski definition) is 3. The van der Waals surface area contributed by atoms with Crippen molar-refractivity contribution in [3.05, 3.63) is 71.0 Å². The van der Waals surface area contributed by atoms with Gasteiger partial charge in [0.1, 0.15) is 11.4 Å². The second kappa shape index (κ2) is 9.31. The summed E-state index contributed by atoms with van der Waals surface area (Å²) in [6.45, 7) is 3.69. The lowest BCUT2D eigenvalue weighted by atomic mass is 9.92. The number of nitrogens with two attached hydrogens (primary N) is 1. The van der Waals surface area contributed by atoms with Gasteiger partial charge in [0.25, 0.3) is 5.91 Å². The Morgan fingerprint density at radius 2 is 1.69 bits per heavy atom. The fraction of sp³-hybridized carbons (Fsp3) is 0.263. The average molecular weight is 380 g/mol. The molecule has 0 radical (unpaired) electrons. The van der Waals surface area contributed by atoms with Gasteiger partial charge in [0, 0.05) is 18.7 Å². The molecule has 4 N–H and O–H groups in total. The molecule has 0 aliphatic carbocycles. The van der Waals surface area contributed by atoms with Crippen molar-refractivity contribution in [1.29, 1.82) is 0 Å². The van der Waals surface area contributed by atoms with E-state index in [1.165, 1.54) is 6.07 Å². The first-order valence-electron chi connectivity index (χ1n) is 7.99. The average Bonchev–Trinajstić information content (AvgIpc) is 2.61. The van der Waals surface area contributed by atoms with Crippen molar-refractivity contribution in [2.45, 2.75) is 19.4 Å². The van der Waals surface area contributed by atoms with Gasteiger partial charge in [0.15, 0.2) is 0 Å². The van der Waals surface area contributed by atoms with Gasteiger partial charge in [-0.2, -0.15) is 0 Å². The maximum atomic E-state index is 13.5. The Balaban J connectivity index is 0.00000338. The van der Waals surface area contributed by atoms with Crippen molar-refractivity contribution in [3.63, 3.8) is 0 Å². The van der Waals surface area contributed by atoms with E-state index in [-0.39, 0.29) is 37.0 Å². The standard InChI is InChI=1S/C19H22FN3O2.ClH/c1-13-8-9-14(12-16(13)20)17(24)22-10-11-23-18(25)19(2,21)15-6-4-3-5-7-15;/h3-9,12H,10-11,21H2,1-2H3,(H,22,24)(H,23,25);1H. The number of halogens is 2. The molecule has 2 amide bonds. The van der Waals surface area contributed by atoms with E-state index in [1.807, 2.05) is 18.2 Å². The summed E-state index contributed by atoms with van der Waals surface area (Å²) in [4.78, 5) is 24.2. The molecule has 5 nitrogen and oxygen atoms in total. The highest BCUT2D eigenvalue weighted by Crippen LogP contribution is 2.17. The Hall–Kier alpha value is -2.44. The number of rotatable bonds is 6. The van der Waals surface area contributed by atoms with Gasteiger partial charge >= 0.3 is 0 Å². The number of benzene rings is 2. The zero-order valence-corrected chi connectivity index (χ0v) is 15.5. The van der Waals surface area contributed by atoms with Crippen LogP contribution in [0.3, 0.4) is 0 Å². The van der Waals surface area contributed by atoms with E-state index < -0.39 is 17.3 Å². The second-order valence-electron chi connectivity index (χ2n) is 6.04. The van der Waals surface area contributed by atoms with Gasteiger partial charge in [-0.25, -0.2) is 4.39 Å². The largest absolute Gasteiger partial charge is 0.352 e. The quantitative estimate of drug-likeness (QED) is 0.673. The molecular formula is C19H23ClFN3O2. The lowest BCUT2D eigenvalue weighted by Gasteiger charge is -2.24. The monoisotopic (exact) mass is 379 g/mol. The van der Waals surface area contributed by atoms with Crippen molar-refractivity contribution in [1.82, 2.24) is 10.6 Å². The molecule has 0 saturated carbocycles. The van der Waals surface area contributed by atoms with Gasteiger partial charge in [0.2, 0.25) is 5.91 Å². The molecule has 0 heterocycles. The maximum absolute atomic E-state index is 13.5. The van der Waals surface area contributed by atoms with E-state index in [4.69, 9.17) is 5.73 Å². The number of nitrogens with one attached hydrogen (secondary N) is 2. The van der Waals surface area contributed by atoms with Crippen LogP contribution < -0.4 is 16.4 Å². The van der Waals surface area contributed by atoms with E-state index in [2.05, 4.69) is 10.6 Å². The zero-order chi connectivity index (χ0) is 18.4. The summed E-state index contributed by atoms with van der Waals surface area (Å²) in [5, 5.41) is 5.33. The molecule has 2 aromatic carbocycles. The van der Waals surface area contributed by atoms with Crippen LogP contribution in [0.1, 0.15) is 28.4 Å². The maximum Gasteiger partial charge on any atom is 0.251 e. The summed E-state index contributed by atoms with van der Waals surface area (Å²) in [5.74, 6) is -1.16. The summed E-state index contributed by atoms with van der Waals surface area (Å²) in [5.41, 5.74) is 6.36. The van der Waals surface area contributed by atoms with Crippen molar-refractivity contribution in [2.75, 3.05) is 13.1 Å². The Bertz CT molecular complexity index is 767. The third-order valence-corrected chi connectivity index (χ3v) is 3.98. The third kappa shape index (κ3) is 5.28. The molecule has 1 atom stereocenters. The first-order chi connectivity index (χ1) is 11.8. The van der Waals surface area contributed by atoms with Crippen LogP contribution in [0.4, 0.5) is 4.39 Å². The molecule has 0 aliphatic heterocycles. The molecule has 0 aromatic heterocycles. The van der Waals surface area contributed by atoms with Crippen molar-refractivity contribution in [3.8, 4) is 0 Å². The van der Waals surface area contributed by atoms with Crippen LogP contribution in [0.5, 0.6) is 0 Å². The third-order valence-electron chi connectivity index (χ3n) is 3.98. The Kier molecular flexibility index (Phi) is 7.74. The number of amides is 2. The van der Waals surface area contributed by atoms with Gasteiger partial charge in [-0.15, -0.1) is 12.4 Å². The van der Waals surface area contributed by atoms with Gasteiger partial charge in [0.05, 0.1) is 0 Å². The Morgan fingerprint density at radius 3 is 2.31 bits per heavy atom. The van der Waals surface area contributed by atoms with Gasteiger partial charge in [-0.05, 0) is 37.1 Å². The molecule has 26 heavy (non-hydrogen) atoms. The lowest BCUT2D eigenvalue weighted by Crippen LogP contribution is -2.50. The predicted octanol–water partition coefficient (Wildman–Crippen LogP) is 2.28. The van der Waals surface area contributed by atoms with Crippen LogP contribution in [0.2, 0.25) is 0 Å². The number of carbonyl (C=O) groups is 2. The molecule has 1 unspecified atom stereocenters. The van der Waals surface area contributed by atoms with Crippen LogP contribution in [0.15, 0.2) is 48.5 Å². The highest BCUT2D eigenvalue weighted by Gasteiger charge is 2.29. The SMILES string of the molecule is Cc1ccc(C(=O)NCCNC(=O)C(C)(N)c2ccccc2)cc1F.Cl. The molecule has 0 aliphatic rings. The van der Waals surface area contributed by atoms with Gasteiger partial charge < -0.3 is 16.4 Å². The van der Waals surface area contributed by atoms with E-state index in [0.29, 0.717) is 11.1 Å². The van der Waals surface area contributed by atoms with E-state index in [0.717, 1.165) is 0 Å². The van der Waals surface area contributed by atoms with Crippen LogP contribution >= 0.6 is 12.4 Å². The Labute approximate surface area is 158 Å². The molecule has 2 rings (SSSR count). The minimum Gasteiger partial charge on any atom is -0.352 e. The minimum atomic E-state index is -1.16. The van der Waals surface area contributed by atoms with Crippen LogP contribution in [0, 0.1) is 12.7 Å². The van der Waals surface area contributed by atoms with Crippen LogP contribution in [-0.4, -0.2) is 24.9 Å². The highest BCUT2D eigenvalue weighted by molar-refractivity contribution is 5.94. The number of aryl methyl sites for hydroxylation is 1. The summed E-state index contributed by atoms with van der Waals surface area (Å²) >= 11 is 0. The second-order valence-corrected chi connectivity index (χ2v) is 6.04. The summed E-state index contributed by atoms with van der Waals surface area (Å²) < 4.78 is 13.5. The molecular weight excluding hydrogens is 357 g/mol. The summed E-state index contributed by atoms with van der Waals surface area (Å²) in [6, 6.07) is 13.3. The lowest BCUT2D eigenvalue weighted by molar-refractivity contribution is -0.126. The number of carbonyl (C=O) groups excluding carboxylic acids is 2. The molecule has 0 bridgehead atoms. The first kappa shape index (κ1) is 21.6. The molecule has 0 fully saturated rings. The highest BCUT2D eigenvalue weighted by atomic mass is 35.5. The Morgan fingerprint density at radius 1 is 1.08 bits per heavy atom. The fourth-order valence-electron chi connectivity index (χ4n) is 2.29. The summed E-state index contributed by atoms with van der Waals surface area (Å²) in [6.07, 6.45) is 0. The minimum absolute atomic E-state index is 0. The van der Waals surface area contributed by atoms with Gasteiger partial charge in [-0.3, -0.25) is 9.59 Å². The van der Waals surface area contributed by atoms with E-state index >= 15 is 0 Å². The smallest absolute Gasteiger partial charge is 0.251 e. The molecule has 0 spiro atoms. The van der Waals surface area contributed by atoms with Crippen molar-refractivity contribution in [2.24, 2.45) is 5.73 Å². The van der Waals surface area contributed by atoms with E-state index in [9.17, 15) is 14.0 Å². The molecule has 7 heteroatoms. The molecule has 2 aromatic rings. The van der Waals surface area contributed by atoms with Crippen molar-refractivity contribution >= 4 is 24.2 Å². The fourth-order valence-corrected chi connectivity index (χ4v) is 2.29. The normalized spacial score (nSPS) is 12.5. The summed E-state index contributed by atoms with van der Waals surface area (Å²) in [7, 11) is 0. The predicted molar refractivity (Wildman–Crippen MR) is 102 cm³/mol.